The fourth-order valence-corrected chi connectivity index (χ4v) is 3.21. The summed E-state index contributed by atoms with van der Waals surface area (Å²) >= 11 is 3.58. The molecule has 1 aromatic carbocycles. The van der Waals surface area contributed by atoms with E-state index in [1.54, 1.807) is 6.07 Å². The van der Waals surface area contributed by atoms with Crippen molar-refractivity contribution >= 4 is 15.9 Å². The summed E-state index contributed by atoms with van der Waals surface area (Å²) in [4.78, 5) is 2.47. The highest BCUT2D eigenvalue weighted by molar-refractivity contribution is 9.09. The molecule has 1 aliphatic rings. The first-order chi connectivity index (χ1) is 8.20. The van der Waals surface area contributed by atoms with Gasteiger partial charge >= 0.3 is 0 Å². The predicted octanol–water partition coefficient (Wildman–Crippen LogP) is 3.88. The Bertz CT molecular complexity index is 380. The van der Waals surface area contributed by atoms with Crippen LogP contribution >= 0.6 is 15.9 Å². The molecule has 94 valence electrons. The van der Waals surface area contributed by atoms with E-state index in [9.17, 15) is 4.39 Å². The maximum absolute atomic E-state index is 13.3. The Morgan fingerprint density at radius 2 is 2.24 bits per heavy atom. The molecule has 0 saturated carbocycles. The van der Waals surface area contributed by atoms with Gasteiger partial charge in [0.25, 0.3) is 0 Å². The Morgan fingerprint density at radius 3 is 3.00 bits per heavy atom. The highest BCUT2D eigenvalue weighted by atomic mass is 79.9. The van der Waals surface area contributed by atoms with E-state index in [0.717, 1.165) is 24.0 Å². The number of nitrogens with zero attached hydrogens (tertiary/aromatic N) is 1. The fourth-order valence-electron chi connectivity index (χ4n) is 2.47. The molecule has 0 radical (unpaired) electrons. The molecule has 0 bridgehead atoms. The maximum Gasteiger partial charge on any atom is 0.123 e. The molecule has 1 saturated heterocycles. The molecule has 0 N–H and O–H groups in total. The molecule has 0 aliphatic carbocycles. The van der Waals surface area contributed by atoms with Gasteiger partial charge in [0.2, 0.25) is 0 Å². The van der Waals surface area contributed by atoms with Crippen molar-refractivity contribution in [1.82, 2.24) is 4.90 Å². The molecule has 1 aromatic rings. The number of aryl methyl sites for hydroxylation is 1. The van der Waals surface area contributed by atoms with Crippen LogP contribution in [0.4, 0.5) is 4.39 Å². The molecule has 0 spiro atoms. The number of hydrogen-bond acceptors (Lipinski definition) is 1. The molecule has 1 heterocycles. The lowest BCUT2D eigenvalue weighted by Gasteiger charge is -2.35. The zero-order valence-electron chi connectivity index (χ0n) is 10.3. The van der Waals surface area contributed by atoms with Gasteiger partial charge in [-0.2, -0.15) is 0 Å². The second kappa shape index (κ2) is 5.96. The summed E-state index contributed by atoms with van der Waals surface area (Å²) < 4.78 is 13.3. The number of halogens is 2. The van der Waals surface area contributed by atoms with Gasteiger partial charge in [-0.15, -0.1) is 0 Å². The van der Waals surface area contributed by atoms with E-state index in [2.05, 4.69) is 27.8 Å². The molecule has 17 heavy (non-hydrogen) atoms. The number of hydrogen-bond donors (Lipinski definition) is 0. The van der Waals surface area contributed by atoms with E-state index < -0.39 is 0 Å². The fraction of sp³-hybridized carbons (Fsp3) is 0.571. The Kier molecular flexibility index (Phi) is 4.57. The molecular weight excluding hydrogens is 281 g/mol. The number of likely N-dealkylation sites (tertiary alicyclic amines) is 1. The van der Waals surface area contributed by atoms with Crippen LogP contribution < -0.4 is 0 Å². The first kappa shape index (κ1) is 13.0. The molecule has 3 heteroatoms. The van der Waals surface area contributed by atoms with E-state index in [1.165, 1.54) is 30.9 Å². The van der Waals surface area contributed by atoms with E-state index in [0.29, 0.717) is 6.04 Å². The Hall–Kier alpha value is -0.410. The van der Waals surface area contributed by atoms with Crippen molar-refractivity contribution in [1.29, 1.82) is 0 Å². The summed E-state index contributed by atoms with van der Waals surface area (Å²) in [5, 5.41) is 1.02. The predicted molar refractivity (Wildman–Crippen MR) is 73.0 cm³/mol. The summed E-state index contributed by atoms with van der Waals surface area (Å²) in [5.41, 5.74) is 2.31. The average Bonchev–Trinajstić information content (AvgIpc) is 2.34. The first-order valence-electron chi connectivity index (χ1n) is 6.25. The summed E-state index contributed by atoms with van der Waals surface area (Å²) in [6.45, 7) is 4.06. The second-order valence-electron chi connectivity index (χ2n) is 4.85. The van der Waals surface area contributed by atoms with Crippen LogP contribution in [-0.2, 0) is 6.54 Å². The Morgan fingerprint density at radius 1 is 1.41 bits per heavy atom. The molecule has 2 rings (SSSR count). The van der Waals surface area contributed by atoms with Crippen LogP contribution in [0.15, 0.2) is 18.2 Å². The summed E-state index contributed by atoms with van der Waals surface area (Å²) in [6, 6.07) is 5.69. The van der Waals surface area contributed by atoms with Crippen LogP contribution in [0.5, 0.6) is 0 Å². The lowest BCUT2D eigenvalue weighted by molar-refractivity contribution is 0.156. The number of piperidine rings is 1. The molecule has 1 nitrogen and oxygen atoms in total. The van der Waals surface area contributed by atoms with Crippen molar-refractivity contribution in [3.8, 4) is 0 Å². The molecule has 1 unspecified atom stereocenters. The van der Waals surface area contributed by atoms with E-state index in [4.69, 9.17) is 0 Å². The lowest BCUT2D eigenvalue weighted by atomic mass is 10.0. The van der Waals surface area contributed by atoms with Gasteiger partial charge in [0.15, 0.2) is 0 Å². The third-order valence-electron chi connectivity index (χ3n) is 3.61. The van der Waals surface area contributed by atoms with Gasteiger partial charge in [0.1, 0.15) is 5.82 Å². The third kappa shape index (κ3) is 3.29. The van der Waals surface area contributed by atoms with Crippen molar-refractivity contribution < 1.29 is 4.39 Å². The molecule has 0 amide bonds. The Balaban J connectivity index is 2.10. The number of alkyl halides is 1. The van der Waals surface area contributed by atoms with Crippen LogP contribution in [0.1, 0.15) is 30.4 Å². The van der Waals surface area contributed by atoms with Crippen LogP contribution in [0.25, 0.3) is 0 Å². The highest BCUT2D eigenvalue weighted by Gasteiger charge is 2.21. The lowest BCUT2D eigenvalue weighted by Crippen LogP contribution is -2.40. The molecule has 1 aliphatic heterocycles. The average molecular weight is 300 g/mol. The van der Waals surface area contributed by atoms with Crippen molar-refractivity contribution in [2.24, 2.45) is 0 Å². The van der Waals surface area contributed by atoms with E-state index in [-0.39, 0.29) is 5.82 Å². The number of benzene rings is 1. The Labute approximate surface area is 111 Å². The minimum Gasteiger partial charge on any atom is -0.295 e. The van der Waals surface area contributed by atoms with E-state index >= 15 is 0 Å². The van der Waals surface area contributed by atoms with Crippen LogP contribution in [0, 0.1) is 12.7 Å². The topological polar surface area (TPSA) is 3.24 Å². The van der Waals surface area contributed by atoms with Gasteiger partial charge in [0.05, 0.1) is 0 Å². The van der Waals surface area contributed by atoms with Gasteiger partial charge in [0, 0.05) is 17.9 Å². The minimum absolute atomic E-state index is 0.127. The quantitative estimate of drug-likeness (QED) is 0.766. The zero-order valence-corrected chi connectivity index (χ0v) is 11.8. The maximum atomic E-state index is 13.3. The summed E-state index contributed by atoms with van der Waals surface area (Å²) in [6.07, 6.45) is 3.83. The summed E-state index contributed by atoms with van der Waals surface area (Å²) in [7, 11) is 0. The van der Waals surface area contributed by atoms with Crippen molar-refractivity contribution in [2.75, 3.05) is 11.9 Å². The molecular formula is C14H19BrFN. The van der Waals surface area contributed by atoms with Gasteiger partial charge in [-0.3, -0.25) is 4.90 Å². The van der Waals surface area contributed by atoms with E-state index in [1.807, 2.05) is 6.07 Å². The van der Waals surface area contributed by atoms with Crippen molar-refractivity contribution in [3.63, 3.8) is 0 Å². The largest absolute Gasteiger partial charge is 0.295 e. The highest BCUT2D eigenvalue weighted by Crippen LogP contribution is 2.22. The first-order valence-corrected chi connectivity index (χ1v) is 7.38. The van der Waals surface area contributed by atoms with Crippen LogP contribution in [-0.4, -0.2) is 22.8 Å². The SMILES string of the molecule is Cc1ccc(F)cc1CN1CCCCC1CBr. The standard InChI is InChI=1S/C14H19BrFN/c1-11-5-6-13(16)8-12(11)10-17-7-3-2-4-14(17)9-15/h5-6,8,14H,2-4,7,9-10H2,1H3. The molecule has 1 fully saturated rings. The van der Waals surface area contributed by atoms with Crippen molar-refractivity contribution in [2.45, 2.75) is 38.8 Å². The van der Waals surface area contributed by atoms with Gasteiger partial charge in [-0.1, -0.05) is 28.4 Å². The smallest absolute Gasteiger partial charge is 0.123 e. The van der Waals surface area contributed by atoms with Gasteiger partial charge in [-0.05, 0) is 49.6 Å². The van der Waals surface area contributed by atoms with Crippen LogP contribution in [0.2, 0.25) is 0 Å². The molecule has 1 atom stereocenters. The molecule has 0 aromatic heterocycles. The van der Waals surface area contributed by atoms with Crippen molar-refractivity contribution in [3.05, 3.63) is 35.1 Å². The third-order valence-corrected chi connectivity index (χ3v) is 4.36. The van der Waals surface area contributed by atoms with Gasteiger partial charge in [-0.25, -0.2) is 4.39 Å². The van der Waals surface area contributed by atoms with Gasteiger partial charge < -0.3 is 0 Å². The normalized spacial score (nSPS) is 21.7. The monoisotopic (exact) mass is 299 g/mol. The zero-order chi connectivity index (χ0) is 12.3. The minimum atomic E-state index is -0.127. The summed E-state index contributed by atoms with van der Waals surface area (Å²) in [5.74, 6) is -0.127. The van der Waals surface area contributed by atoms with Crippen LogP contribution in [0.3, 0.4) is 0 Å². The second-order valence-corrected chi connectivity index (χ2v) is 5.49. The number of rotatable bonds is 3.